The predicted molar refractivity (Wildman–Crippen MR) is 119 cm³/mol. The Kier molecular flexibility index (Phi) is 7.26. The second-order valence-corrected chi connectivity index (χ2v) is 8.07. The standard InChI is InChI=1S/C22H28N6O4/c1-12(2)19(23)21(30)27-17(7-13-9-25-16-6-4-3-5-15(13)16)20(29)28-18(22(31)32)8-14-10-24-11-26-14/h3-6,9-12,17-19,25H,7-8,23H2,1-2H3,(H,24,26)(H,27,30)(H,28,29)(H,31,32). The van der Waals surface area contributed by atoms with Crippen LogP contribution in [0.15, 0.2) is 43.0 Å². The van der Waals surface area contributed by atoms with Crippen LogP contribution in [0.3, 0.4) is 0 Å². The first-order valence-electron chi connectivity index (χ1n) is 10.4. The smallest absolute Gasteiger partial charge is 0.326 e. The van der Waals surface area contributed by atoms with Gasteiger partial charge in [0.15, 0.2) is 0 Å². The maximum atomic E-state index is 13.1. The number of aromatic nitrogens is 3. The summed E-state index contributed by atoms with van der Waals surface area (Å²) in [5.74, 6) is -2.39. The molecule has 0 saturated carbocycles. The van der Waals surface area contributed by atoms with Crippen molar-refractivity contribution in [3.63, 3.8) is 0 Å². The molecule has 2 aromatic heterocycles. The number of para-hydroxylation sites is 1. The first kappa shape index (κ1) is 23.0. The number of nitrogens with one attached hydrogen (secondary N) is 4. The summed E-state index contributed by atoms with van der Waals surface area (Å²) in [5, 5.41) is 15.7. The van der Waals surface area contributed by atoms with Gasteiger partial charge in [-0.25, -0.2) is 9.78 Å². The lowest BCUT2D eigenvalue weighted by Gasteiger charge is -2.23. The van der Waals surface area contributed by atoms with E-state index in [9.17, 15) is 19.5 Å². The molecule has 3 atom stereocenters. The van der Waals surface area contributed by atoms with E-state index in [1.54, 1.807) is 6.20 Å². The van der Waals surface area contributed by atoms with Crippen molar-refractivity contribution in [2.45, 2.75) is 44.8 Å². The minimum atomic E-state index is -1.19. The number of carbonyl (C=O) groups excluding carboxylic acids is 2. The Hall–Kier alpha value is -3.66. The van der Waals surface area contributed by atoms with E-state index in [-0.39, 0.29) is 18.8 Å². The summed E-state index contributed by atoms with van der Waals surface area (Å²) in [6, 6.07) is 4.60. The van der Waals surface area contributed by atoms with Crippen molar-refractivity contribution >= 4 is 28.7 Å². The van der Waals surface area contributed by atoms with Gasteiger partial charge < -0.3 is 31.4 Å². The Morgan fingerprint density at radius 1 is 1.06 bits per heavy atom. The normalized spacial score (nSPS) is 14.1. The lowest BCUT2D eigenvalue weighted by molar-refractivity contribution is -0.142. The molecule has 0 fully saturated rings. The maximum Gasteiger partial charge on any atom is 0.326 e. The molecular weight excluding hydrogens is 412 g/mol. The number of hydrogen-bond donors (Lipinski definition) is 6. The molecule has 1 aromatic carbocycles. The molecule has 0 bridgehead atoms. The molecular formula is C22H28N6O4. The van der Waals surface area contributed by atoms with Crippen LogP contribution in [0.1, 0.15) is 25.1 Å². The van der Waals surface area contributed by atoms with E-state index in [1.807, 2.05) is 38.1 Å². The van der Waals surface area contributed by atoms with E-state index in [2.05, 4.69) is 25.6 Å². The lowest BCUT2D eigenvalue weighted by Crippen LogP contribution is -2.56. The Balaban J connectivity index is 1.82. The number of fused-ring (bicyclic) bond motifs is 1. The monoisotopic (exact) mass is 440 g/mol. The molecule has 0 aliphatic heterocycles. The van der Waals surface area contributed by atoms with Crippen LogP contribution in [0.5, 0.6) is 0 Å². The summed E-state index contributed by atoms with van der Waals surface area (Å²) in [6.07, 6.45) is 4.90. The maximum absolute atomic E-state index is 13.1. The van der Waals surface area contributed by atoms with Gasteiger partial charge in [-0.1, -0.05) is 32.0 Å². The van der Waals surface area contributed by atoms with E-state index >= 15 is 0 Å². The number of rotatable bonds is 10. The van der Waals surface area contributed by atoms with Crippen molar-refractivity contribution < 1.29 is 19.5 Å². The van der Waals surface area contributed by atoms with Crippen molar-refractivity contribution in [3.8, 4) is 0 Å². The molecule has 0 aliphatic carbocycles. The molecule has 170 valence electrons. The molecule has 0 radical (unpaired) electrons. The first-order valence-corrected chi connectivity index (χ1v) is 10.4. The molecule has 3 rings (SSSR count). The fraction of sp³-hybridized carbons (Fsp3) is 0.364. The number of amides is 2. The van der Waals surface area contributed by atoms with Crippen LogP contribution in [0.25, 0.3) is 10.9 Å². The highest BCUT2D eigenvalue weighted by Gasteiger charge is 2.29. The van der Waals surface area contributed by atoms with Gasteiger partial charge in [-0.3, -0.25) is 9.59 Å². The molecule has 2 heterocycles. The number of H-pyrrole nitrogens is 2. The number of benzene rings is 1. The molecule has 0 spiro atoms. The van der Waals surface area contributed by atoms with Crippen molar-refractivity contribution in [3.05, 3.63) is 54.2 Å². The van der Waals surface area contributed by atoms with Crippen LogP contribution in [0.2, 0.25) is 0 Å². The minimum absolute atomic E-state index is 0.0281. The number of aromatic amines is 2. The summed E-state index contributed by atoms with van der Waals surface area (Å²) in [4.78, 5) is 47.3. The average Bonchev–Trinajstić information content (AvgIpc) is 3.42. The lowest BCUT2D eigenvalue weighted by atomic mass is 10.0. The quantitative estimate of drug-likeness (QED) is 0.272. The van der Waals surface area contributed by atoms with Crippen LogP contribution in [0.4, 0.5) is 0 Å². The molecule has 32 heavy (non-hydrogen) atoms. The van der Waals surface area contributed by atoms with Crippen molar-refractivity contribution in [1.29, 1.82) is 0 Å². The van der Waals surface area contributed by atoms with E-state index in [0.717, 1.165) is 16.5 Å². The van der Waals surface area contributed by atoms with E-state index in [4.69, 9.17) is 5.73 Å². The van der Waals surface area contributed by atoms with Gasteiger partial charge in [-0.05, 0) is 17.5 Å². The van der Waals surface area contributed by atoms with Gasteiger partial charge in [-0.2, -0.15) is 0 Å². The van der Waals surface area contributed by atoms with Gasteiger partial charge in [0.05, 0.1) is 12.4 Å². The van der Waals surface area contributed by atoms with Gasteiger partial charge >= 0.3 is 5.97 Å². The van der Waals surface area contributed by atoms with Crippen LogP contribution in [-0.2, 0) is 27.2 Å². The Bertz CT molecular complexity index is 1080. The van der Waals surface area contributed by atoms with Gasteiger partial charge in [-0.15, -0.1) is 0 Å². The summed E-state index contributed by atoms with van der Waals surface area (Å²) >= 11 is 0. The number of nitrogens with zero attached hydrogens (tertiary/aromatic N) is 1. The number of nitrogens with two attached hydrogens (primary N) is 1. The molecule has 0 saturated heterocycles. The van der Waals surface area contributed by atoms with Gasteiger partial charge in [0.25, 0.3) is 0 Å². The van der Waals surface area contributed by atoms with E-state index in [1.165, 1.54) is 12.5 Å². The summed E-state index contributed by atoms with van der Waals surface area (Å²) in [7, 11) is 0. The van der Waals surface area contributed by atoms with Crippen molar-refractivity contribution in [2.75, 3.05) is 0 Å². The van der Waals surface area contributed by atoms with Crippen LogP contribution in [-0.4, -0.2) is 56.0 Å². The summed E-state index contributed by atoms with van der Waals surface area (Å²) in [5.41, 5.74) is 8.24. The molecule has 0 aliphatic rings. The molecule has 2 amide bonds. The SMILES string of the molecule is CC(C)C(N)C(=O)NC(Cc1c[nH]c2ccccc12)C(=O)NC(Cc1cnc[nH]1)C(=O)O. The largest absolute Gasteiger partial charge is 0.480 e. The predicted octanol–water partition coefficient (Wildman–Crippen LogP) is 0.714. The van der Waals surface area contributed by atoms with Crippen molar-refractivity contribution in [2.24, 2.45) is 11.7 Å². The van der Waals surface area contributed by atoms with Crippen LogP contribution >= 0.6 is 0 Å². The van der Waals surface area contributed by atoms with Gasteiger partial charge in [0.2, 0.25) is 11.8 Å². The highest BCUT2D eigenvalue weighted by Crippen LogP contribution is 2.19. The Morgan fingerprint density at radius 2 is 1.78 bits per heavy atom. The topological polar surface area (TPSA) is 166 Å². The third kappa shape index (κ3) is 5.52. The third-order valence-electron chi connectivity index (χ3n) is 5.35. The number of hydrogen-bond acceptors (Lipinski definition) is 5. The zero-order chi connectivity index (χ0) is 23.3. The average molecular weight is 441 g/mol. The fourth-order valence-electron chi connectivity index (χ4n) is 3.39. The summed E-state index contributed by atoms with van der Waals surface area (Å²) in [6.45, 7) is 3.62. The van der Waals surface area contributed by atoms with Crippen LogP contribution < -0.4 is 16.4 Å². The van der Waals surface area contributed by atoms with Crippen LogP contribution in [0, 0.1) is 5.92 Å². The van der Waals surface area contributed by atoms with E-state index in [0.29, 0.717) is 5.69 Å². The number of carboxylic acid groups (broad SMARTS) is 1. The zero-order valence-corrected chi connectivity index (χ0v) is 18.0. The zero-order valence-electron chi connectivity index (χ0n) is 18.0. The number of carbonyl (C=O) groups is 3. The van der Waals surface area contributed by atoms with Gasteiger partial charge in [0.1, 0.15) is 12.1 Å². The fourth-order valence-corrected chi connectivity index (χ4v) is 3.39. The number of carboxylic acids is 1. The highest BCUT2D eigenvalue weighted by atomic mass is 16.4. The number of aliphatic carboxylic acids is 1. The first-order chi connectivity index (χ1) is 15.3. The molecule has 7 N–H and O–H groups in total. The van der Waals surface area contributed by atoms with Gasteiger partial charge in [0, 0.05) is 41.8 Å². The number of imidazole rings is 1. The Morgan fingerprint density at radius 3 is 2.44 bits per heavy atom. The van der Waals surface area contributed by atoms with E-state index < -0.39 is 35.9 Å². The molecule has 10 nitrogen and oxygen atoms in total. The molecule has 10 heteroatoms. The minimum Gasteiger partial charge on any atom is -0.480 e. The van der Waals surface area contributed by atoms with Crippen molar-refractivity contribution in [1.82, 2.24) is 25.6 Å². The Labute approximate surface area is 185 Å². The summed E-state index contributed by atoms with van der Waals surface area (Å²) < 4.78 is 0. The third-order valence-corrected chi connectivity index (χ3v) is 5.35. The molecule has 3 unspecified atom stereocenters. The second-order valence-electron chi connectivity index (χ2n) is 8.07. The highest BCUT2D eigenvalue weighted by molar-refractivity contribution is 5.93. The molecule has 3 aromatic rings. The second kappa shape index (κ2) is 10.1.